The normalized spacial score (nSPS) is 13.1. The standard InChI is InChI=1S/C27H30ClN3O2/c1-19-9-11-20(12-10-19)25-26(21-13-15-22(28)16-14-21)30-27-23(29-25)7-6-18-31(27)17-5-3-2-4-8-24(32)33/h9-16H,2-8,17-18H2,1H3,(H,32,33). The van der Waals surface area contributed by atoms with Crippen molar-refractivity contribution < 1.29 is 9.90 Å². The lowest BCUT2D eigenvalue weighted by Gasteiger charge is -2.30. The molecule has 0 spiro atoms. The first kappa shape index (κ1) is 23.2. The van der Waals surface area contributed by atoms with Gasteiger partial charge in [0.1, 0.15) is 0 Å². The van der Waals surface area contributed by atoms with Crippen LogP contribution in [-0.4, -0.2) is 34.1 Å². The van der Waals surface area contributed by atoms with Gasteiger partial charge in [0.2, 0.25) is 0 Å². The highest BCUT2D eigenvalue weighted by Crippen LogP contribution is 2.35. The maximum absolute atomic E-state index is 10.7. The first-order valence-electron chi connectivity index (χ1n) is 11.7. The highest BCUT2D eigenvalue weighted by atomic mass is 35.5. The van der Waals surface area contributed by atoms with Crippen LogP contribution < -0.4 is 4.90 Å². The lowest BCUT2D eigenvalue weighted by atomic mass is 10.0. The molecule has 1 aromatic heterocycles. The molecule has 2 heterocycles. The van der Waals surface area contributed by atoms with E-state index in [0.29, 0.717) is 5.02 Å². The summed E-state index contributed by atoms with van der Waals surface area (Å²) in [5.74, 6) is 0.266. The van der Waals surface area contributed by atoms with Gasteiger partial charge in [0.15, 0.2) is 5.82 Å². The number of nitrogens with zero attached hydrogens (tertiary/aromatic N) is 3. The van der Waals surface area contributed by atoms with Gasteiger partial charge in [0.05, 0.1) is 17.1 Å². The molecule has 2 aromatic carbocycles. The molecule has 0 amide bonds. The lowest BCUT2D eigenvalue weighted by Crippen LogP contribution is -2.32. The molecule has 0 bridgehead atoms. The van der Waals surface area contributed by atoms with E-state index in [4.69, 9.17) is 26.7 Å². The van der Waals surface area contributed by atoms with Crippen LogP contribution >= 0.6 is 11.6 Å². The summed E-state index contributed by atoms with van der Waals surface area (Å²) in [6.07, 6.45) is 5.98. The molecule has 1 aliphatic rings. The molecular weight excluding hydrogens is 434 g/mol. The smallest absolute Gasteiger partial charge is 0.303 e. The van der Waals surface area contributed by atoms with E-state index in [9.17, 15) is 4.79 Å². The Morgan fingerprint density at radius 3 is 2.27 bits per heavy atom. The maximum atomic E-state index is 10.7. The molecule has 0 atom stereocenters. The van der Waals surface area contributed by atoms with E-state index in [0.717, 1.165) is 85.6 Å². The Morgan fingerprint density at radius 2 is 1.58 bits per heavy atom. The molecular formula is C27H30ClN3O2. The summed E-state index contributed by atoms with van der Waals surface area (Å²) in [7, 11) is 0. The van der Waals surface area contributed by atoms with Crippen molar-refractivity contribution in [2.45, 2.75) is 51.9 Å². The van der Waals surface area contributed by atoms with Crippen molar-refractivity contribution in [1.82, 2.24) is 9.97 Å². The van der Waals surface area contributed by atoms with Gasteiger partial charge in [-0.15, -0.1) is 0 Å². The summed E-state index contributed by atoms with van der Waals surface area (Å²) in [5, 5.41) is 9.51. The highest BCUT2D eigenvalue weighted by Gasteiger charge is 2.23. The molecule has 0 aliphatic carbocycles. The number of aromatic nitrogens is 2. The summed E-state index contributed by atoms with van der Waals surface area (Å²) < 4.78 is 0. The number of carboxylic acids is 1. The largest absolute Gasteiger partial charge is 0.481 e. The van der Waals surface area contributed by atoms with Gasteiger partial charge in [-0.05, 0) is 44.7 Å². The zero-order valence-corrected chi connectivity index (χ0v) is 19.8. The van der Waals surface area contributed by atoms with Crippen LogP contribution in [0.4, 0.5) is 5.82 Å². The zero-order chi connectivity index (χ0) is 23.2. The maximum Gasteiger partial charge on any atom is 0.303 e. The van der Waals surface area contributed by atoms with Crippen molar-refractivity contribution in [3.05, 3.63) is 64.8 Å². The van der Waals surface area contributed by atoms with Crippen LogP contribution in [0, 0.1) is 6.92 Å². The lowest BCUT2D eigenvalue weighted by molar-refractivity contribution is -0.137. The SMILES string of the molecule is Cc1ccc(-c2nc3c(nc2-c2ccc(Cl)cc2)N(CCCCCCC(=O)O)CCC3)cc1. The van der Waals surface area contributed by atoms with Crippen molar-refractivity contribution in [2.75, 3.05) is 18.0 Å². The van der Waals surface area contributed by atoms with E-state index >= 15 is 0 Å². The van der Waals surface area contributed by atoms with Crippen LogP contribution in [0.2, 0.25) is 5.02 Å². The molecule has 0 radical (unpaired) electrons. The van der Waals surface area contributed by atoms with Crippen LogP contribution in [0.15, 0.2) is 48.5 Å². The average Bonchev–Trinajstić information content (AvgIpc) is 2.81. The number of unbranched alkanes of at least 4 members (excludes halogenated alkanes) is 3. The third-order valence-electron chi connectivity index (χ3n) is 6.10. The third-order valence-corrected chi connectivity index (χ3v) is 6.35. The molecule has 4 rings (SSSR count). The van der Waals surface area contributed by atoms with Gasteiger partial charge in [-0.1, -0.05) is 66.4 Å². The van der Waals surface area contributed by atoms with Crippen molar-refractivity contribution in [2.24, 2.45) is 0 Å². The third kappa shape index (κ3) is 5.91. The zero-order valence-electron chi connectivity index (χ0n) is 19.1. The fourth-order valence-corrected chi connectivity index (χ4v) is 4.42. The predicted molar refractivity (Wildman–Crippen MR) is 134 cm³/mol. The Kier molecular flexibility index (Phi) is 7.61. The minimum absolute atomic E-state index is 0.254. The number of carbonyl (C=O) groups is 1. The molecule has 0 unspecified atom stereocenters. The predicted octanol–water partition coefficient (Wildman–Crippen LogP) is 6.56. The van der Waals surface area contributed by atoms with Gasteiger partial charge >= 0.3 is 5.97 Å². The van der Waals surface area contributed by atoms with Gasteiger partial charge in [-0.25, -0.2) is 9.97 Å². The topological polar surface area (TPSA) is 66.3 Å². The van der Waals surface area contributed by atoms with Gasteiger partial charge in [0.25, 0.3) is 0 Å². The van der Waals surface area contributed by atoms with Crippen LogP contribution in [-0.2, 0) is 11.2 Å². The van der Waals surface area contributed by atoms with Crippen LogP contribution in [0.1, 0.15) is 49.8 Å². The Morgan fingerprint density at radius 1 is 0.939 bits per heavy atom. The number of hydrogen-bond acceptors (Lipinski definition) is 4. The van der Waals surface area contributed by atoms with E-state index in [-0.39, 0.29) is 6.42 Å². The number of fused-ring (bicyclic) bond motifs is 1. The summed E-state index contributed by atoms with van der Waals surface area (Å²) >= 11 is 6.15. The minimum atomic E-state index is -0.714. The van der Waals surface area contributed by atoms with Crippen molar-refractivity contribution >= 4 is 23.4 Å². The summed E-state index contributed by atoms with van der Waals surface area (Å²) in [4.78, 5) is 23.4. The first-order chi connectivity index (χ1) is 16.0. The van der Waals surface area contributed by atoms with Crippen LogP contribution in [0.5, 0.6) is 0 Å². The fraction of sp³-hybridized carbons (Fsp3) is 0.370. The molecule has 33 heavy (non-hydrogen) atoms. The van der Waals surface area contributed by atoms with E-state index in [1.165, 1.54) is 5.56 Å². The minimum Gasteiger partial charge on any atom is -0.481 e. The Bertz CT molecular complexity index is 1100. The average molecular weight is 464 g/mol. The van der Waals surface area contributed by atoms with E-state index in [2.05, 4.69) is 36.1 Å². The number of rotatable bonds is 9. The van der Waals surface area contributed by atoms with Crippen LogP contribution in [0.25, 0.3) is 22.5 Å². The van der Waals surface area contributed by atoms with E-state index in [1.54, 1.807) is 0 Å². The molecule has 0 saturated heterocycles. The van der Waals surface area contributed by atoms with E-state index < -0.39 is 5.97 Å². The van der Waals surface area contributed by atoms with Crippen LogP contribution in [0.3, 0.4) is 0 Å². The molecule has 1 N–H and O–H groups in total. The number of benzene rings is 2. The molecule has 6 heteroatoms. The Balaban J connectivity index is 1.62. The van der Waals surface area contributed by atoms with Gasteiger partial charge in [-0.2, -0.15) is 0 Å². The summed E-state index contributed by atoms with van der Waals surface area (Å²) in [6, 6.07) is 16.2. The summed E-state index contributed by atoms with van der Waals surface area (Å²) in [6.45, 7) is 3.97. The molecule has 1 aliphatic heterocycles. The summed E-state index contributed by atoms with van der Waals surface area (Å²) in [5.41, 5.74) is 6.13. The fourth-order valence-electron chi connectivity index (χ4n) is 4.30. The Labute approximate surface area is 200 Å². The van der Waals surface area contributed by atoms with Crippen molar-refractivity contribution in [1.29, 1.82) is 0 Å². The molecule has 5 nitrogen and oxygen atoms in total. The molecule has 0 saturated carbocycles. The van der Waals surface area contributed by atoms with Crippen molar-refractivity contribution in [3.63, 3.8) is 0 Å². The van der Waals surface area contributed by atoms with Gasteiger partial charge in [0, 0.05) is 35.7 Å². The quantitative estimate of drug-likeness (QED) is 0.364. The second kappa shape index (κ2) is 10.8. The number of aryl methyl sites for hydroxylation is 2. The molecule has 3 aromatic rings. The number of halogens is 1. The Hall–Kier alpha value is -2.92. The highest BCUT2D eigenvalue weighted by molar-refractivity contribution is 6.30. The number of hydrogen-bond donors (Lipinski definition) is 1. The van der Waals surface area contributed by atoms with Gasteiger partial charge in [-0.3, -0.25) is 4.79 Å². The monoisotopic (exact) mass is 463 g/mol. The number of anilines is 1. The van der Waals surface area contributed by atoms with Gasteiger partial charge < -0.3 is 10.0 Å². The first-order valence-corrected chi connectivity index (χ1v) is 12.1. The second-order valence-electron chi connectivity index (χ2n) is 8.71. The molecule has 172 valence electrons. The number of carboxylic acid groups (broad SMARTS) is 1. The van der Waals surface area contributed by atoms with Crippen molar-refractivity contribution in [3.8, 4) is 22.5 Å². The second-order valence-corrected chi connectivity index (χ2v) is 9.15. The van der Waals surface area contributed by atoms with E-state index in [1.807, 2.05) is 24.3 Å². The molecule has 0 fully saturated rings. The number of aliphatic carboxylic acids is 1.